The Labute approximate surface area is 91.1 Å². The van der Waals surface area contributed by atoms with Crippen LogP contribution in [-0.2, 0) is 0 Å². The van der Waals surface area contributed by atoms with E-state index in [-0.39, 0.29) is 5.56 Å². The van der Waals surface area contributed by atoms with Crippen molar-refractivity contribution in [1.82, 2.24) is 0 Å². The molecule has 0 saturated heterocycles. The van der Waals surface area contributed by atoms with E-state index in [1.54, 1.807) is 0 Å². The van der Waals surface area contributed by atoms with Crippen molar-refractivity contribution in [2.45, 2.75) is 19.1 Å². The number of benzene rings is 1. The van der Waals surface area contributed by atoms with Gasteiger partial charge in [0.2, 0.25) is 0 Å². The highest BCUT2D eigenvalue weighted by molar-refractivity contribution is 6.00. The third-order valence-corrected chi connectivity index (χ3v) is 2.03. The molecule has 0 aliphatic heterocycles. The van der Waals surface area contributed by atoms with Crippen LogP contribution in [0.15, 0.2) is 29.4 Å². The van der Waals surface area contributed by atoms with Gasteiger partial charge in [0.1, 0.15) is 11.9 Å². The first kappa shape index (κ1) is 12.2. The van der Waals surface area contributed by atoms with Gasteiger partial charge in [0, 0.05) is 10.5 Å². The first-order valence-corrected chi connectivity index (χ1v) is 4.58. The second-order valence-corrected chi connectivity index (χ2v) is 3.26. The van der Waals surface area contributed by atoms with E-state index in [4.69, 9.17) is 5.53 Å². The number of azide groups is 1. The summed E-state index contributed by atoms with van der Waals surface area (Å²) in [5, 5.41) is 12.5. The predicted molar refractivity (Wildman–Crippen MR) is 55.3 cm³/mol. The Morgan fingerprint density at radius 3 is 2.50 bits per heavy atom. The fourth-order valence-electron chi connectivity index (χ4n) is 1.21. The molecule has 5 nitrogen and oxygen atoms in total. The molecule has 1 aromatic rings. The molecule has 0 aliphatic rings. The lowest BCUT2D eigenvalue weighted by Gasteiger charge is -2.12. The lowest BCUT2D eigenvalue weighted by Crippen LogP contribution is -2.29. The van der Waals surface area contributed by atoms with Crippen molar-refractivity contribution in [3.05, 3.63) is 46.1 Å². The molecule has 16 heavy (non-hydrogen) atoms. The summed E-state index contributed by atoms with van der Waals surface area (Å²) in [5.41, 5.74) is 8.45. The zero-order chi connectivity index (χ0) is 12.1. The smallest absolute Gasteiger partial charge is 0.174 e. The predicted octanol–water partition coefficient (Wildman–Crippen LogP) is 2.07. The van der Waals surface area contributed by atoms with Crippen LogP contribution in [0.2, 0.25) is 0 Å². The normalized spacial score (nSPS) is 13.7. The van der Waals surface area contributed by atoms with Crippen LogP contribution in [0.3, 0.4) is 0 Å². The van der Waals surface area contributed by atoms with Gasteiger partial charge in [-0.1, -0.05) is 5.11 Å². The third-order valence-electron chi connectivity index (χ3n) is 2.03. The van der Waals surface area contributed by atoms with Crippen molar-refractivity contribution >= 4 is 5.78 Å². The molecule has 1 rings (SSSR count). The maximum Gasteiger partial charge on any atom is 0.174 e. The lowest BCUT2D eigenvalue weighted by molar-refractivity contribution is 0.0848. The van der Waals surface area contributed by atoms with Crippen molar-refractivity contribution in [3.63, 3.8) is 0 Å². The van der Waals surface area contributed by atoms with Gasteiger partial charge in [-0.05, 0) is 36.7 Å². The highest BCUT2D eigenvalue weighted by Gasteiger charge is 2.23. The molecule has 0 unspecified atom stereocenters. The van der Waals surface area contributed by atoms with Crippen LogP contribution >= 0.6 is 0 Å². The quantitative estimate of drug-likeness (QED) is 0.366. The van der Waals surface area contributed by atoms with Gasteiger partial charge < -0.3 is 5.11 Å². The van der Waals surface area contributed by atoms with Crippen molar-refractivity contribution in [2.24, 2.45) is 5.11 Å². The number of carbonyl (C=O) groups is 1. The number of hydrogen-bond donors (Lipinski definition) is 1. The number of Topliss-reactive ketones (excluding diaryl/α,β-unsaturated/α-hetero) is 1. The number of hydrogen-bond acceptors (Lipinski definition) is 3. The van der Waals surface area contributed by atoms with E-state index in [1.807, 2.05) is 0 Å². The molecule has 0 bridgehead atoms. The minimum Gasteiger partial charge on any atom is -0.393 e. The topological polar surface area (TPSA) is 86.1 Å². The average Bonchev–Trinajstić information content (AvgIpc) is 2.25. The van der Waals surface area contributed by atoms with Gasteiger partial charge in [-0.3, -0.25) is 4.79 Å². The monoisotopic (exact) mass is 223 g/mol. The molecule has 84 valence electrons. The Morgan fingerprint density at radius 2 is 2.06 bits per heavy atom. The number of aliphatic hydroxyl groups excluding tert-OH is 1. The van der Waals surface area contributed by atoms with E-state index in [0.717, 1.165) is 12.1 Å². The molecule has 0 heterocycles. The third kappa shape index (κ3) is 2.79. The number of carbonyl (C=O) groups excluding carboxylic acids is 1. The largest absolute Gasteiger partial charge is 0.393 e. The number of halogens is 1. The lowest BCUT2D eigenvalue weighted by atomic mass is 10.0. The zero-order valence-corrected chi connectivity index (χ0v) is 8.54. The summed E-state index contributed by atoms with van der Waals surface area (Å²) in [6.07, 6.45) is -1.09. The van der Waals surface area contributed by atoms with Gasteiger partial charge in [-0.15, -0.1) is 0 Å². The maximum absolute atomic E-state index is 12.6. The molecule has 0 radical (unpaired) electrons. The highest BCUT2D eigenvalue weighted by atomic mass is 19.1. The summed E-state index contributed by atoms with van der Waals surface area (Å²) in [6, 6.07) is 3.63. The Balaban J connectivity index is 2.99. The molecular formula is C10H10FN3O2. The molecule has 6 heteroatoms. The highest BCUT2D eigenvalue weighted by Crippen LogP contribution is 2.11. The fourth-order valence-corrected chi connectivity index (χ4v) is 1.21. The fraction of sp³-hybridized carbons (Fsp3) is 0.300. The van der Waals surface area contributed by atoms with Gasteiger partial charge in [0.15, 0.2) is 5.78 Å². The molecular weight excluding hydrogens is 213 g/mol. The van der Waals surface area contributed by atoms with Gasteiger partial charge in [0.25, 0.3) is 0 Å². The SMILES string of the molecule is C[C@@H](O)[C@H](N=[N+]=[N-])C(=O)c1ccc(F)cc1. The standard InChI is InChI=1S/C10H10FN3O2/c1-6(15)9(13-14-12)10(16)7-2-4-8(11)5-3-7/h2-6,9,15H,1H3/t6-,9+/m1/s1. The Bertz CT molecular complexity index is 424. The molecule has 0 fully saturated rings. The Kier molecular flexibility index (Phi) is 3.99. The van der Waals surface area contributed by atoms with Crippen LogP contribution in [0.5, 0.6) is 0 Å². The first-order chi connectivity index (χ1) is 7.56. The summed E-state index contributed by atoms with van der Waals surface area (Å²) >= 11 is 0. The number of ketones is 1. The summed E-state index contributed by atoms with van der Waals surface area (Å²) < 4.78 is 12.6. The summed E-state index contributed by atoms with van der Waals surface area (Å²) in [5.74, 6) is -0.998. The van der Waals surface area contributed by atoms with Crippen LogP contribution in [0.1, 0.15) is 17.3 Å². The Hall–Kier alpha value is -1.91. The second-order valence-electron chi connectivity index (χ2n) is 3.26. The average molecular weight is 223 g/mol. The van der Waals surface area contributed by atoms with Crippen molar-refractivity contribution in [2.75, 3.05) is 0 Å². The number of nitrogens with zero attached hydrogens (tertiary/aromatic N) is 3. The minimum atomic E-state index is -1.18. The van der Waals surface area contributed by atoms with Crippen molar-refractivity contribution in [3.8, 4) is 0 Å². The molecule has 0 spiro atoms. The number of aliphatic hydroxyl groups is 1. The second kappa shape index (κ2) is 5.25. The van der Waals surface area contributed by atoms with E-state index >= 15 is 0 Å². The van der Waals surface area contributed by atoms with E-state index in [0.29, 0.717) is 0 Å². The van der Waals surface area contributed by atoms with E-state index in [2.05, 4.69) is 10.0 Å². The molecule has 0 saturated carbocycles. The summed E-state index contributed by atoms with van der Waals surface area (Å²) in [6.45, 7) is 1.35. The molecule has 1 N–H and O–H groups in total. The van der Waals surface area contributed by atoms with Gasteiger partial charge in [0.05, 0.1) is 6.10 Å². The van der Waals surface area contributed by atoms with Crippen LogP contribution < -0.4 is 0 Å². The first-order valence-electron chi connectivity index (χ1n) is 4.58. The van der Waals surface area contributed by atoms with Crippen LogP contribution in [0, 0.1) is 5.82 Å². The van der Waals surface area contributed by atoms with E-state index < -0.39 is 23.7 Å². The molecule has 1 aromatic carbocycles. The summed E-state index contributed by atoms with van der Waals surface area (Å²) in [4.78, 5) is 14.2. The molecule has 0 aromatic heterocycles. The molecule has 0 amide bonds. The van der Waals surface area contributed by atoms with E-state index in [9.17, 15) is 14.3 Å². The van der Waals surface area contributed by atoms with Gasteiger partial charge >= 0.3 is 0 Å². The number of rotatable bonds is 4. The van der Waals surface area contributed by atoms with Crippen molar-refractivity contribution in [1.29, 1.82) is 0 Å². The van der Waals surface area contributed by atoms with Crippen LogP contribution in [0.25, 0.3) is 10.4 Å². The molecule has 2 atom stereocenters. The minimum absolute atomic E-state index is 0.194. The van der Waals surface area contributed by atoms with E-state index in [1.165, 1.54) is 19.1 Å². The van der Waals surface area contributed by atoms with Gasteiger partial charge in [-0.25, -0.2) is 4.39 Å². The van der Waals surface area contributed by atoms with Gasteiger partial charge in [-0.2, -0.15) is 0 Å². The molecule has 0 aliphatic carbocycles. The van der Waals surface area contributed by atoms with Crippen LogP contribution in [0.4, 0.5) is 4.39 Å². The zero-order valence-electron chi connectivity index (χ0n) is 8.54. The van der Waals surface area contributed by atoms with Crippen molar-refractivity contribution < 1.29 is 14.3 Å². The van der Waals surface area contributed by atoms with Crippen LogP contribution in [-0.4, -0.2) is 23.0 Å². The maximum atomic E-state index is 12.6. The summed E-state index contributed by atoms with van der Waals surface area (Å²) in [7, 11) is 0. The Morgan fingerprint density at radius 1 is 1.50 bits per heavy atom.